The first-order chi connectivity index (χ1) is 12.3. The molecular formula is C19H17N5O. The molecule has 5 rings (SSSR count). The van der Waals surface area contributed by atoms with Crippen LogP contribution in [0.3, 0.4) is 0 Å². The third-order valence-electron chi connectivity index (χ3n) is 4.62. The van der Waals surface area contributed by atoms with Crippen molar-refractivity contribution in [1.82, 2.24) is 19.6 Å². The van der Waals surface area contributed by atoms with Crippen LogP contribution in [0.25, 0.3) is 17.4 Å². The summed E-state index contributed by atoms with van der Waals surface area (Å²) in [5, 5.41) is 4.64. The van der Waals surface area contributed by atoms with Crippen LogP contribution in [0, 0.1) is 6.92 Å². The van der Waals surface area contributed by atoms with E-state index in [-0.39, 0.29) is 0 Å². The maximum absolute atomic E-state index is 5.43. The predicted molar refractivity (Wildman–Crippen MR) is 94.4 cm³/mol. The molecule has 4 heterocycles. The molecule has 25 heavy (non-hydrogen) atoms. The minimum Gasteiger partial charge on any atom is -0.461 e. The van der Waals surface area contributed by atoms with Crippen molar-refractivity contribution in [3.8, 4) is 11.6 Å². The smallest absolute Gasteiger partial charge is 0.254 e. The van der Waals surface area contributed by atoms with Crippen LogP contribution in [0.1, 0.15) is 16.8 Å². The van der Waals surface area contributed by atoms with Crippen molar-refractivity contribution in [3.63, 3.8) is 0 Å². The molecule has 124 valence electrons. The van der Waals surface area contributed by atoms with Gasteiger partial charge in [0.1, 0.15) is 5.82 Å². The van der Waals surface area contributed by atoms with Gasteiger partial charge < -0.3 is 9.32 Å². The maximum Gasteiger partial charge on any atom is 0.254 e. The van der Waals surface area contributed by atoms with E-state index in [4.69, 9.17) is 4.42 Å². The molecule has 0 N–H and O–H groups in total. The summed E-state index contributed by atoms with van der Waals surface area (Å²) in [5.41, 5.74) is 3.72. The van der Waals surface area contributed by atoms with Crippen LogP contribution in [-0.2, 0) is 13.0 Å². The van der Waals surface area contributed by atoms with Crippen molar-refractivity contribution in [1.29, 1.82) is 0 Å². The van der Waals surface area contributed by atoms with E-state index in [0.29, 0.717) is 17.4 Å². The number of anilines is 1. The Labute approximate surface area is 144 Å². The van der Waals surface area contributed by atoms with E-state index in [1.54, 1.807) is 6.26 Å². The molecule has 0 spiro atoms. The fourth-order valence-electron chi connectivity index (χ4n) is 3.39. The van der Waals surface area contributed by atoms with E-state index in [9.17, 15) is 0 Å². The third-order valence-corrected chi connectivity index (χ3v) is 4.62. The molecule has 6 nitrogen and oxygen atoms in total. The number of aromatic nitrogens is 4. The summed E-state index contributed by atoms with van der Waals surface area (Å²) in [7, 11) is 0. The average Bonchev–Trinajstić information content (AvgIpc) is 3.29. The lowest BCUT2D eigenvalue weighted by atomic mass is 10.00. The molecule has 1 aromatic carbocycles. The van der Waals surface area contributed by atoms with Crippen LogP contribution in [0.15, 0.2) is 53.1 Å². The largest absolute Gasteiger partial charge is 0.461 e. The highest BCUT2D eigenvalue weighted by Crippen LogP contribution is 2.26. The lowest BCUT2D eigenvalue weighted by Crippen LogP contribution is -2.32. The van der Waals surface area contributed by atoms with Gasteiger partial charge in [-0.2, -0.15) is 9.50 Å². The quantitative estimate of drug-likeness (QED) is 0.564. The number of furan rings is 1. The number of fused-ring (bicyclic) bond motifs is 2. The summed E-state index contributed by atoms with van der Waals surface area (Å²) in [6.45, 7) is 3.80. The number of benzene rings is 1. The minimum absolute atomic E-state index is 0.557. The molecular weight excluding hydrogens is 314 g/mol. The molecule has 0 fully saturated rings. The van der Waals surface area contributed by atoms with Crippen molar-refractivity contribution >= 4 is 11.6 Å². The first-order valence-corrected chi connectivity index (χ1v) is 8.38. The van der Waals surface area contributed by atoms with Crippen LogP contribution in [0.4, 0.5) is 5.82 Å². The van der Waals surface area contributed by atoms with Gasteiger partial charge in [-0.3, -0.25) is 0 Å². The summed E-state index contributed by atoms with van der Waals surface area (Å²) in [4.78, 5) is 11.4. The van der Waals surface area contributed by atoms with Gasteiger partial charge in [-0.05, 0) is 36.6 Å². The monoisotopic (exact) mass is 331 g/mol. The fourth-order valence-corrected chi connectivity index (χ4v) is 3.39. The standard InChI is InChI=1S/C19H17N5O/c1-13-11-17(23-9-8-14-5-2-3-6-15(14)12-23)24-19(20-13)21-18(22-24)16-7-4-10-25-16/h2-7,10-11H,8-9,12H2,1H3. The number of nitrogens with zero attached hydrogens (tertiary/aromatic N) is 5. The first kappa shape index (κ1) is 14.2. The molecule has 1 aliphatic heterocycles. The molecule has 0 radical (unpaired) electrons. The average molecular weight is 331 g/mol. The van der Waals surface area contributed by atoms with Crippen LogP contribution >= 0.6 is 0 Å². The summed E-state index contributed by atoms with van der Waals surface area (Å²) < 4.78 is 7.25. The van der Waals surface area contributed by atoms with Gasteiger partial charge in [-0.15, -0.1) is 5.10 Å². The lowest BCUT2D eigenvalue weighted by Gasteiger charge is -2.30. The van der Waals surface area contributed by atoms with E-state index in [0.717, 1.165) is 31.0 Å². The fraction of sp³-hybridized carbons (Fsp3) is 0.211. The molecule has 0 bridgehead atoms. The van der Waals surface area contributed by atoms with E-state index >= 15 is 0 Å². The zero-order chi connectivity index (χ0) is 16.8. The van der Waals surface area contributed by atoms with Gasteiger partial charge in [0.15, 0.2) is 5.76 Å². The number of aryl methyl sites for hydroxylation is 1. The molecule has 4 aromatic rings. The third kappa shape index (κ3) is 2.38. The molecule has 6 heteroatoms. The summed E-state index contributed by atoms with van der Waals surface area (Å²) in [6, 6.07) is 14.4. The Balaban J connectivity index is 1.61. The molecule has 1 aliphatic rings. The van der Waals surface area contributed by atoms with Crippen molar-refractivity contribution in [2.24, 2.45) is 0 Å². The molecule has 0 saturated heterocycles. The van der Waals surface area contributed by atoms with Crippen molar-refractivity contribution in [3.05, 3.63) is 65.5 Å². The van der Waals surface area contributed by atoms with Gasteiger partial charge in [-0.1, -0.05) is 24.3 Å². The van der Waals surface area contributed by atoms with Gasteiger partial charge in [-0.25, -0.2) is 4.98 Å². The topological polar surface area (TPSA) is 59.5 Å². The summed E-state index contributed by atoms with van der Waals surface area (Å²) in [6.07, 6.45) is 2.65. The number of hydrogen-bond donors (Lipinski definition) is 0. The Bertz CT molecular complexity index is 1050. The Kier molecular flexibility index (Phi) is 3.09. The second-order valence-corrected chi connectivity index (χ2v) is 6.32. The van der Waals surface area contributed by atoms with Gasteiger partial charge in [0.25, 0.3) is 5.78 Å². The Morgan fingerprint density at radius 2 is 1.92 bits per heavy atom. The zero-order valence-electron chi connectivity index (χ0n) is 13.9. The molecule has 0 amide bonds. The highest BCUT2D eigenvalue weighted by atomic mass is 16.3. The van der Waals surface area contributed by atoms with Crippen molar-refractivity contribution in [2.45, 2.75) is 19.9 Å². The lowest BCUT2D eigenvalue weighted by molar-refractivity contribution is 0.577. The van der Waals surface area contributed by atoms with Crippen molar-refractivity contribution in [2.75, 3.05) is 11.4 Å². The van der Waals surface area contributed by atoms with Crippen LogP contribution in [0.5, 0.6) is 0 Å². The normalized spacial score (nSPS) is 14.0. The minimum atomic E-state index is 0.557. The Morgan fingerprint density at radius 3 is 2.76 bits per heavy atom. The van der Waals surface area contributed by atoms with Gasteiger partial charge in [0, 0.05) is 24.8 Å². The highest BCUT2D eigenvalue weighted by Gasteiger charge is 2.21. The number of rotatable bonds is 2. The Hall–Kier alpha value is -3.15. The van der Waals surface area contributed by atoms with Crippen LogP contribution in [-0.4, -0.2) is 26.1 Å². The predicted octanol–water partition coefficient (Wildman–Crippen LogP) is 3.26. The molecule has 0 saturated carbocycles. The molecule has 0 atom stereocenters. The second-order valence-electron chi connectivity index (χ2n) is 6.32. The molecule has 0 unspecified atom stereocenters. The SMILES string of the molecule is Cc1cc(N2CCc3ccccc3C2)n2nc(-c3ccco3)nc2n1. The summed E-state index contributed by atoms with van der Waals surface area (Å²) >= 11 is 0. The Morgan fingerprint density at radius 1 is 1.04 bits per heavy atom. The van der Waals surface area contributed by atoms with E-state index in [2.05, 4.69) is 50.3 Å². The first-order valence-electron chi connectivity index (χ1n) is 8.38. The van der Waals surface area contributed by atoms with Gasteiger partial charge in [0.2, 0.25) is 5.82 Å². The van der Waals surface area contributed by atoms with Crippen molar-refractivity contribution < 1.29 is 4.42 Å². The van der Waals surface area contributed by atoms with E-state index < -0.39 is 0 Å². The van der Waals surface area contributed by atoms with E-state index in [1.165, 1.54) is 11.1 Å². The summed E-state index contributed by atoms with van der Waals surface area (Å²) in [5.74, 6) is 2.82. The highest BCUT2D eigenvalue weighted by molar-refractivity contribution is 5.55. The van der Waals surface area contributed by atoms with Gasteiger partial charge >= 0.3 is 0 Å². The maximum atomic E-state index is 5.43. The number of hydrogen-bond acceptors (Lipinski definition) is 5. The van der Waals surface area contributed by atoms with Crippen LogP contribution < -0.4 is 4.90 Å². The van der Waals surface area contributed by atoms with E-state index in [1.807, 2.05) is 23.6 Å². The van der Waals surface area contributed by atoms with Gasteiger partial charge in [0.05, 0.1) is 6.26 Å². The molecule has 3 aromatic heterocycles. The zero-order valence-corrected chi connectivity index (χ0v) is 13.9. The van der Waals surface area contributed by atoms with Crippen LogP contribution in [0.2, 0.25) is 0 Å². The second kappa shape index (κ2) is 5.44. The molecule has 0 aliphatic carbocycles.